The third-order valence-electron chi connectivity index (χ3n) is 9.19. The fourth-order valence-corrected chi connectivity index (χ4v) is 6.79. The van der Waals surface area contributed by atoms with E-state index in [0.29, 0.717) is 42.5 Å². The first-order valence-electron chi connectivity index (χ1n) is 14.4. The summed E-state index contributed by atoms with van der Waals surface area (Å²) < 4.78 is 6.00. The zero-order valence-electron chi connectivity index (χ0n) is 24.2. The maximum atomic E-state index is 12.5. The van der Waals surface area contributed by atoms with Crippen LogP contribution in [-0.2, 0) is 9.53 Å². The molecule has 0 radical (unpaired) electrons. The number of rotatable bonds is 18. The van der Waals surface area contributed by atoms with E-state index in [1.54, 1.807) is 0 Å². The van der Waals surface area contributed by atoms with Gasteiger partial charge in [-0.05, 0) is 53.4 Å². The zero-order valence-corrected chi connectivity index (χ0v) is 25.1. The van der Waals surface area contributed by atoms with Crippen LogP contribution in [0.25, 0.3) is 0 Å². The summed E-state index contributed by atoms with van der Waals surface area (Å²) in [6.45, 7) is 19.8. The van der Waals surface area contributed by atoms with Gasteiger partial charge in [-0.3, -0.25) is 4.79 Å². The molecule has 2 nitrogen and oxygen atoms in total. The molecule has 0 spiro atoms. The van der Waals surface area contributed by atoms with E-state index in [0.717, 1.165) is 6.42 Å². The van der Waals surface area contributed by atoms with Gasteiger partial charge in [0.1, 0.15) is 0 Å². The molecule has 0 saturated heterocycles. The van der Waals surface area contributed by atoms with Crippen LogP contribution in [-0.4, -0.2) is 18.3 Å². The molecule has 0 saturated carbocycles. The Hall–Kier alpha value is -0.960. The molecule has 1 aromatic rings. The molecule has 202 valence electrons. The number of esters is 1. The van der Waals surface area contributed by atoms with E-state index < -0.39 is 0 Å². The van der Waals surface area contributed by atoms with E-state index in [-0.39, 0.29) is 16.8 Å². The third kappa shape index (κ3) is 9.13. The minimum Gasteiger partial charge on any atom is -0.465 e. The summed E-state index contributed by atoms with van der Waals surface area (Å²) in [7, 11) is 0. The highest BCUT2D eigenvalue weighted by Gasteiger charge is 2.51. The van der Waals surface area contributed by atoms with E-state index in [1.807, 2.05) is 0 Å². The second-order valence-corrected chi connectivity index (χ2v) is 12.2. The molecule has 35 heavy (non-hydrogen) atoms. The van der Waals surface area contributed by atoms with Crippen molar-refractivity contribution < 1.29 is 9.53 Å². The van der Waals surface area contributed by atoms with Crippen LogP contribution in [0.4, 0.5) is 0 Å². The molecule has 0 aliphatic heterocycles. The SMILES string of the molecule is CCCCC(C)(C(COC(=O)CCS)C(C)C(C)CCC)C(C)(CCC)CC(C)c1ccccc1. The predicted octanol–water partition coefficient (Wildman–Crippen LogP) is 9.73. The number of carbonyl (C=O) groups excluding carboxylic acids is 1. The van der Waals surface area contributed by atoms with Gasteiger partial charge in [0, 0.05) is 11.7 Å². The molecular formula is C32H56O2S. The van der Waals surface area contributed by atoms with Crippen LogP contribution in [0, 0.1) is 28.6 Å². The quantitative estimate of drug-likeness (QED) is 0.159. The van der Waals surface area contributed by atoms with Crippen LogP contribution in [0.2, 0.25) is 0 Å². The summed E-state index contributed by atoms with van der Waals surface area (Å²) >= 11 is 4.25. The second kappa shape index (κ2) is 16.0. The molecule has 6 atom stereocenters. The Morgan fingerprint density at radius 1 is 0.971 bits per heavy atom. The first-order chi connectivity index (χ1) is 16.6. The largest absolute Gasteiger partial charge is 0.465 e. The van der Waals surface area contributed by atoms with E-state index in [9.17, 15) is 4.79 Å². The Kier molecular flexibility index (Phi) is 14.7. The zero-order chi connectivity index (χ0) is 26.5. The molecule has 0 amide bonds. The minimum absolute atomic E-state index is 0.0741. The average molecular weight is 505 g/mol. The Labute approximate surface area is 223 Å². The van der Waals surface area contributed by atoms with Crippen LogP contribution >= 0.6 is 12.6 Å². The second-order valence-electron chi connectivity index (χ2n) is 11.7. The molecule has 1 aromatic carbocycles. The Morgan fingerprint density at radius 2 is 1.63 bits per heavy atom. The molecule has 0 bridgehead atoms. The summed E-state index contributed by atoms with van der Waals surface area (Å²) in [5.41, 5.74) is 1.65. The summed E-state index contributed by atoms with van der Waals surface area (Å²) in [4.78, 5) is 12.5. The summed E-state index contributed by atoms with van der Waals surface area (Å²) in [6.07, 6.45) is 9.91. The molecule has 0 aliphatic carbocycles. The van der Waals surface area contributed by atoms with Crippen molar-refractivity contribution in [1.82, 2.24) is 0 Å². The van der Waals surface area contributed by atoms with Crippen molar-refractivity contribution in [2.24, 2.45) is 28.6 Å². The van der Waals surface area contributed by atoms with E-state index in [2.05, 4.69) is 98.4 Å². The van der Waals surface area contributed by atoms with Crippen LogP contribution < -0.4 is 0 Å². The van der Waals surface area contributed by atoms with Crippen molar-refractivity contribution in [3.05, 3.63) is 35.9 Å². The van der Waals surface area contributed by atoms with Crippen LogP contribution in [0.5, 0.6) is 0 Å². The smallest absolute Gasteiger partial charge is 0.306 e. The highest BCUT2D eigenvalue weighted by molar-refractivity contribution is 7.80. The molecule has 1 rings (SSSR count). The predicted molar refractivity (Wildman–Crippen MR) is 156 cm³/mol. The number of carbonyl (C=O) groups is 1. The number of hydrogen-bond acceptors (Lipinski definition) is 3. The number of hydrogen-bond donors (Lipinski definition) is 1. The summed E-state index contributed by atoms with van der Waals surface area (Å²) in [5.74, 6) is 2.35. The summed E-state index contributed by atoms with van der Waals surface area (Å²) in [5, 5.41) is 0. The highest BCUT2D eigenvalue weighted by Crippen LogP contribution is 2.58. The van der Waals surface area contributed by atoms with Crippen molar-refractivity contribution in [2.75, 3.05) is 12.4 Å². The topological polar surface area (TPSA) is 26.3 Å². The molecule has 0 N–H and O–H groups in total. The maximum Gasteiger partial charge on any atom is 0.306 e. The van der Waals surface area contributed by atoms with Crippen LogP contribution in [0.1, 0.15) is 125 Å². The van der Waals surface area contributed by atoms with Gasteiger partial charge >= 0.3 is 5.97 Å². The molecule has 0 aliphatic rings. The van der Waals surface area contributed by atoms with Crippen molar-refractivity contribution in [3.8, 4) is 0 Å². The molecule has 3 heteroatoms. The van der Waals surface area contributed by atoms with Gasteiger partial charge in [0.2, 0.25) is 0 Å². The normalized spacial score (nSPS) is 18.7. The van der Waals surface area contributed by atoms with Gasteiger partial charge < -0.3 is 4.74 Å². The van der Waals surface area contributed by atoms with Crippen molar-refractivity contribution in [2.45, 2.75) is 119 Å². The number of ether oxygens (including phenoxy) is 1. The van der Waals surface area contributed by atoms with Crippen LogP contribution in [0.3, 0.4) is 0 Å². The molecule has 0 fully saturated rings. The lowest BCUT2D eigenvalue weighted by Gasteiger charge is -2.55. The first-order valence-corrected chi connectivity index (χ1v) is 15.0. The van der Waals surface area contributed by atoms with Gasteiger partial charge in [0.15, 0.2) is 0 Å². The van der Waals surface area contributed by atoms with Gasteiger partial charge in [-0.2, -0.15) is 12.6 Å². The summed E-state index contributed by atoms with van der Waals surface area (Å²) in [6, 6.07) is 11.0. The number of benzene rings is 1. The third-order valence-corrected chi connectivity index (χ3v) is 9.41. The molecule has 0 aromatic heterocycles. The van der Waals surface area contributed by atoms with E-state index in [4.69, 9.17) is 4.74 Å². The standard InChI is InChI=1S/C32H56O2S/c1-9-12-21-32(8,29(24-34-30(33)19-22-35)27(6)25(4)16-10-2)31(7,20-11-3)23-26(5)28-17-14-13-15-18-28/h13-15,17-18,25-27,29,35H,9-12,16,19-24H2,1-8H3. The average Bonchev–Trinajstić information content (AvgIpc) is 2.83. The highest BCUT2D eigenvalue weighted by atomic mass is 32.1. The van der Waals surface area contributed by atoms with E-state index >= 15 is 0 Å². The number of thiol groups is 1. The lowest BCUT2D eigenvalue weighted by molar-refractivity contribution is -0.151. The van der Waals surface area contributed by atoms with Crippen molar-refractivity contribution in [3.63, 3.8) is 0 Å². The fraction of sp³-hybridized carbons (Fsp3) is 0.781. The lowest BCUT2D eigenvalue weighted by Crippen LogP contribution is -2.49. The van der Waals surface area contributed by atoms with Gasteiger partial charge in [-0.25, -0.2) is 0 Å². The first kappa shape index (κ1) is 32.1. The Bertz CT molecular complexity index is 705. The Morgan fingerprint density at radius 3 is 2.17 bits per heavy atom. The van der Waals surface area contributed by atoms with Crippen molar-refractivity contribution in [1.29, 1.82) is 0 Å². The van der Waals surface area contributed by atoms with Gasteiger partial charge in [-0.15, -0.1) is 0 Å². The Balaban J connectivity index is 3.50. The molecular weight excluding hydrogens is 448 g/mol. The van der Waals surface area contributed by atoms with Gasteiger partial charge in [-0.1, -0.05) is 118 Å². The van der Waals surface area contributed by atoms with Gasteiger partial charge in [0.05, 0.1) is 13.0 Å². The number of unbranched alkanes of at least 4 members (excludes halogenated alkanes) is 1. The monoisotopic (exact) mass is 504 g/mol. The molecule has 6 unspecified atom stereocenters. The maximum absolute atomic E-state index is 12.5. The molecule has 0 heterocycles. The fourth-order valence-electron chi connectivity index (χ4n) is 6.60. The lowest BCUT2D eigenvalue weighted by atomic mass is 9.50. The minimum atomic E-state index is -0.104. The van der Waals surface area contributed by atoms with Crippen LogP contribution in [0.15, 0.2) is 30.3 Å². The van der Waals surface area contributed by atoms with Crippen molar-refractivity contribution >= 4 is 18.6 Å². The van der Waals surface area contributed by atoms with E-state index in [1.165, 1.54) is 50.5 Å². The van der Waals surface area contributed by atoms with Gasteiger partial charge in [0.25, 0.3) is 0 Å².